The van der Waals surface area contributed by atoms with Crippen molar-refractivity contribution in [1.29, 1.82) is 0 Å². The normalized spacial score (nSPS) is 19.2. The Bertz CT molecular complexity index is 982. The quantitative estimate of drug-likeness (QED) is 0.740. The average Bonchev–Trinajstić information content (AvgIpc) is 3.19. The molecule has 0 spiro atoms. The third-order valence-corrected chi connectivity index (χ3v) is 5.49. The molecule has 1 amide bonds. The summed E-state index contributed by atoms with van der Waals surface area (Å²) < 4.78 is 7.10. The Labute approximate surface area is 170 Å². The molecule has 0 radical (unpaired) electrons. The lowest BCUT2D eigenvalue weighted by molar-refractivity contribution is 0.0612. The molecule has 0 unspecified atom stereocenters. The van der Waals surface area contributed by atoms with Crippen molar-refractivity contribution < 1.29 is 9.53 Å². The Balaban J connectivity index is 1.74. The molecule has 2 N–H and O–H groups in total. The van der Waals surface area contributed by atoms with E-state index in [1.165, 1.54) is 0 Å². The number of rotatable bonds is 4. The van der Waals surface area contributed by atoms with Crippen LogP contribution in [0.25, 0.3) is 16.9 Å². The molecule has 2 heterocycles. The minimum atomic E-state index is -0.0474. The third kappa shape index (κ3) is 3.89. The summed E-state index contributed by atoms with van der Waals surface area (Å²) in [6.45, 7) is 2.72. The Hall–Kier alpha value is -3.12. The Morgan fingerprint density at radius 1 is 1.14 bits per heavy atom. The molecule has 1 fully saturated rings. The van der Waals surface area contributed by atoms with Gasteiger partial charge in [-0.2, -0.15) is 5.10 Å². The molecule has 6 heteroatoms. The minimum absolute atomic E-state index is 0.0474. The molecule has 2 aromatic carbocycles. The van der Waals surface area contributed by atoms with Crippen LogP contribution in [0.3, 0.4) is 0 Å². The number of para-hydroxylation sites is 1. The molecule has 1 saturated heterocycles. The molecule has 6 nitrogen and oxygen atoms in total. The number of piperidine rings is 1. The van der Waals surface area contributed by atoms with E-state index in [0.29, 0.717) is 12.2 Å². The van der Waals surface area contributed by atoms with Crippen molar-refractivity contribution in [3.8, 4) is 22.7 Å². The molecule has 2 atom stereocenters. The maximum atomic E-state index is 13.2. The molecule has 150 valence electrons. The van der Waals surface area contributed by atoms with Gasteiger partial charge in [0.05, 0.1) is 18.5 Å². The number of nitrogens with zero attached hydrogens (tertiary/aromatic N) is 3. The van der Waals surface area contributed by atoms with Gasteiger partial charge in [0.25, 0.3) is 5.91 Å². The molecule has 1 aliphatic rings. The first-order chi connectivity index (χ1) is 14.1. The zero-order valence-corrected chi connectivity index (χ0v) is 16.8. The Morgan fingerprint density at radius 2 is 1.86 bits per heavy atom. The van der Waals surface area contributed by atoms with E-state index in [1.807, 2.05) is 70.2 Å². The third-order valence-electron chi connectivity index (χ3n) is 5.49. The Kier molecular flexibility index (Phi) is 5.36. The summed E-state index contributed by atoms with van der Waals surface area (Å²) in [5.41, 5.74) is 9.25. The van der Waals surface area contributed by atoms with Gasteiger partial charge in [0.1, 0.15) is 5.75 Å². The molecule has 4 rings (SSSR count). The first kappa shape index (κ1) is 19.2. The van der Waals surface area contributed by atoms with Gasteiger partial charge in [-0.3, -0.25) is 4.79 Å². The van der Waals surface area contributed by atoms with E-state index in [9.17, 15) is 4.79 Å². The number of carbonyl (C=O) groups excluding carboxylic acids is 1. The van der Waals surface area contributed by atoms with Crippen molar-refractivity contribution in [3.05, 3.63) is 66.4 Å². The van der Waals surface area contributed by atoms with E-state index in [1.54, 1.807) is 7.11 Å². The smallest absolute Gasteiger partial charge is 0.274 e. The lowest BCUT2D eigenvalue weighted by Crippen LogP contribution is -2.48. The highest BCUT2D eigenvalue weighted by atomic mass is 16.5. The maximum Gasteiger partial charge on any atom is 0.274 e. The molecule has 1 aliphatic heterocycles. The first-order valence-electron chi connectivity index (χ1n) is 9.93. The molecule has 0 bridgehead atoms. The number of likely N-dealkylation sites (tertiary alicyclic amines) is 1. The molecule has 0 saturated carbocycles. The Morgan fingerprint density at radius 3 is 2.52 bits per heavy atom. The van der Waals surface area contributed by atoms with Crippen LogP contribution in [-0.4, -0.2) is 46.3 Å². The number of aromatic nitrogens is 2. The van der Waals surface area contributed by atoms with E-state index >= 15 is 0 Å². The van der Waals surface area contributed by atoms with Crippen LogP contribution in [0.15, 0.2) is 60.7 Å². The van der Waals surface area contributed by atoms with Crippen molar-refractivity contribution >= 4 is 5.91 Å². The fourth-order valence-corrected chi connectivity index (χ4v) is 3.88. The van der Waals surface area contributed by atoms with Crippen molar-refractivity contribution in [2.75, 3.05) is 13.7 Å². The minimum Gasteiger partial charge on any atom is -0.497 e. The summed E-state index contributed by atoms with van der Waals surface area (Å²) >= 11 is 0. The van der Waals surface area contributed by atoms with E-state index in [-0.39, 0.29) is 18.0 Å². The molecule has 1 aromatic heterocycles. The monoisotopic (exact) mass is 390 g/mol. The number of amides is 1. The summed E-state index contributed by atoms with van der Waals surface area (Å²) in [5.74, 6) is 0.739. The largest absolute Gasteiger partial charge is 0.497 e. The second kappa shape index (κ2) is 8.09. The molecule has 0 aliphatic carbocycles. The summed E-state index contributed by atoms with van der Waals surface area (Å²) in [6, 6.07) is 19.8. The topological polar surface area (TPSA) is 73.4 Å². The van der Waals surface area contributed by atoms with Crippen LogP contribution >= 0.6 is 0 Å². The molecular formula is C23H26N4O2. The summed E-state index contributed by atoms with van der Waals surface area (Å²) in [7, 11) is 1.64. The van der Waals surface area contributed by atoms with Gasteiger partial charge in [-0.05, 0) is 62.2 Å². The van der Waals surface area contributed by atoms with Crippen LogP contribution < -0.4 is 10.5 Å². The highest BCUT2D eigenvalue weighted by Gasteiger charge is 2.29. The number of methoxy groups -OCH3 is 1. The SMILES string of the molecule is COc1ccc(-c2cc(C(=O)N3CC[C@H](N)C[C@@H]3C)nn2-c2ccccc2)cc1. The van der Waals surface area contributed by atoms with E-state index in [0.717, 1.165) is 35.5 Å². The maximum absolute atomic E-state index is 13.2. The van der Waals surface area contributed by atoms with Crippen LogP contribution in [0, 0.1) is 0 Å². The number of hydrogen-bond acceptors (Lipinski definition) is 4. The van der Waals surface area contributed by atoms with Crippen LogP contribution in [-0.2, 0) is 0 Å². The number of ether oxygens (including phenoxy) is 1. The fraction of sp³-hybridized carbons (Fsp3) is 0.304. The second-order valence-corrected chi connectivity index (χ2v) is 7.52. The van der Waals surface area contributed by atoms with Crippen molar-refractivity contribution in [3.63, 3.8) is 0 Å². The number of hydrogen-bond donors (Lipinski definition) is 1. The van der Waals surface area contributed by atoms with Crippen LogP contribution in [0.4, 0.5) is 0 Å². The number of carbonyl (C=O) groups is 1. The van der Waals surface area contributed by atoms with Gasteiger partial charge >= 0.3 is 0 Å². The predicted molar refractivity (Wildman–Crippen MR) is 113 cm³/mol. The van der Waals surface area contributed by atoms with Gasteiger partial charge in [-0.25, -0.2) is 4.68 Å². The van der Waals surface area contributed by atoms with Gasteiger partial charge < -0.3 is 15.4 Å². The van der Waals surface area contributed by atoms with Gasteiger partial charge in [-0.15, -0.1) is 0 Å². The average molecular weight is 390 g/mol. The highest BCUT2D eigenvalue weighted by molar-refractivity contribution is 5.94. The van der Waals surface area contributed by atoms with E-state index in [4.69, 9.17) is 15.6 Å². The van der Waals surface area contributed by atoms with Crippen molar-refractivity contribution in [1.82, 2.24) is 14.7 Å². The molecular weight excluding hydrogens is 364 g/mol. The van der Waals surface area contributed by atoms with Crippen LogP contribution in [0.2, 0.25) is 0 Å². The highest BCUT2D eigenvalue weighted by Crippen LogP contribution is 2.27. The van der Waals surface area contributed by atoms with E-state index in [2.05, 4.69) is 6.92 Å². The standard InChI is InChI=1S/C23H26N4O2/c1-16-14-18(24)12-13-26(16)23(28)21-15-22(17-8-10-20(29-2)11-9-17)27(25-21)19-6-4-3-5-7-19/h3-11,15-16,18H,12-14,24H2,1-2H3/t16-,18-/m0/s1. The summed E-state index contributed by atoms with van der Waals surface area (Å²) in [6.07, 6.45) is 1.64. The number of benzene rings is 2. The van der Waals surface area contributed by atoms with Crippen molar-refractivity contribution in [2.45, 2.75) is 31.8 Å². The second-order valence-electron chi connectivity index (χ2n) is 7.52. The predicted octanol–water partition coefficient (Wildman–Crippen LogP) is 3.50. The lowest BCUT2D eigenvalue weighted by Gasteiger charge is -2.35. The zero-order chi connectivity index (χ0) is 20.4. The zero-order valence-electron chi connectivity index (χ0n) is 16.8. The molecule has 3 aromatic rings. The fourth-order valence-electron chi connectivity index (χ4n) is 3.88. The van der Waals surface area contributed by atoms with Gasteiger partial charge in [0.15, 0.2) is 5.69 Å². The first-order valence-corrected chi connectivity index (χ1v) is 9.93. The van der Waals surface area contributed by atoms with Gasteiger partial charge in [-0.1, -0.05) is 18.2 Å². The molecule has 29 heavy (non-hydrogen) atoms. The lowest BCUT2D eigenvalue weighted by atomic mass is 9.99. The van der Waals surface area contributed by atoms with Crippen molar-refractivity contribution in [2.24, 2.45) is 5.73 Å². The van der Waals surface area contributed by atoms with Gasteiger partial charge in [0.2, 0.25) is 0 Å². The van der Waals surface area contributed by atoms with Crippen LogP contribution in [0.5, 0.6) is 5.75 Å². The summed E-state index contributed by atoms with van der Waals surface area (Å²) in [5, 5.41) is 4.69. The van der Waals surface area contributed by atoms with E-state index < -0.39 is 0 Å². The summed E-state index contributed by atoms with van der Waals surface area (Å²) in [4.78, 5) is 15.1. The number of nitrogens with two attached hydrogens (primary N) is 1. The van der Waals surface area contributed by atoms with Crippen LogP contribution in [0.1, 0.15) is 30.3 Å². The van der Waals surface area contributed by atoms with Gasteiger partial charge in [0, 0.05) is 24.2 Å².